The van der Waals surface area contributed by atoms with Crippen molar-refractivity contribution in [1.29, 1.82) is 0 Å². The van der Waals surface area contributed by atoms with E-state index in [1.165, 1.54) is 0 Å². The third-order valence-corrected chi connectivity index (χ3v) is 2.52. The summed E-state index contributed by atoms with van der Waals surface area (Å²) in [5, 5.41) is 0. The molecule has 0 saturated heterocycles. The standard InChI is InChI=1S/C16H27NO7/c1-15(2,3)23-13(20)17(14(21)24-16(4,5)6)11(9-8-10-18)12(19)22-7/h10-11H,8-9H2,1-7H3/t11-/m1/s1. The maximum absolute atomic E-state index is 12.4. The molecule has 0 aromatic heterocycles. The molecule has 0 aliphatic rings. The van der Waals surface area contributed by atoms with Crippen molar-refractivity contribution in [1.82, 2.24) is 4.90 Å². The first-order valence-electron chi connectivity index (χ1n) is 7.59. The van der Waals surface area contributed by atoms with E-state index in [1.807, 2.05) is 0 Å². The van der Waals surface area contributed by atoms with Gasteiger partial charge < -0.3 is 19.0 Å². The molecule has 0 aliphatic carbocycles. The summed E-state index contributed by atoms with van der Waals surface area (Å²) in [4.78, 5) is 48.0. The molecular formula is C16H27NO7. The number of amides is 2. The Morgan fingerprint density at radius 2 is 1.38 bits per heavy atom. The quantitative estimate of drug-likeness (QED) is 0.429. The Kier molecular flexibility index (Phi) is 7.89. The molecule has 0 aliphatic heterocycles. The number of rotatable bonds is 5. The van der Waals surface area contributed by atoms with E-state index in [1.54, 1.807) is 41.5 Å². The average Bonchev–Trinajstić information content (AvgIpc) is 2.38. The van der Waals surface area contributed by atoms with Crippen LogP contribution >= 0.6 is 0 Å². The first-order chi connectivity index (χ1) is 10.8. The van der Waals surface area contributed by atoms with Gasteiger partial charge in [0.15, 0.2) is 0 Å². The van der Waals surface area contributed by atoms with Crippen LogP contribution in [0.4, 0.5) is 9.59 Å². The fourth-order valence-corrected chi connectivity index (χ4v) is 1.67. The van der Waals surface area contributed by atoms with Crippen molar-refractivity contribution < 1.29 is 33.4 Å². The molecule has 0 radical (unpaired) electrons. The molecule has 0 saturated carbocycles. The van der Waals surface area contributed by atoms with Gasteiger partial charge in [-0.1, -0.05) is 0 Å². The molecule has 0 N–H and O–H groups in total. The van der Waals surface area contributed by atoms with E-state index in [2.05, 4.69) is 4.74 Å². The smallest absolute Gasteiger partial charge is 0.420 e. The van der Waals surface area contributed by atoms with Gasteiger partial charge in [-0.25, -0.2) is 14.4 Å². The third kappa shape index (κ3) is 7.94. The van der Waals surface area contributed by atoms with Crippen LogP contribution in [0.2, 0.25) is 0 Å². The first kappa shape index (κ1) is 21.9. The van der Waals surface area contributed by atoms with Crippen LogP contribution in [0, 0.1) is 0 Å². The molecule has 0 aromatic carbocycles. The van der Waals surface area contributed by atoms with Crippen LogP contribution in [-0.4, -0.2) is 53.7 Å². The van der Waals surface area contributed by atoms with Crippen molar-refractivity contribution >= 4 is 24.4 Å². The lowest BCUT2D eigenvalue weighted by atomic mass is 10.1. The van der Waals surface area contributed by atoms with E-state index < -0.39 is 35.4 Å². The summed E-state index contributed by atoms with van der Waals surface area (Å²) in [7, 11) is 1.12. The minimum Gasteiger partial charge on any atom is -0.467 e. The highest BCUT2D eigenvalue weighted by molar-refractivity contribution is 5.94. The van der Waals surface area contributed by atoms with E-state index in [0.29, 0.717) is 11.2 Å². The second-order valence-corrected chi connectivity index (χ2v) is 7.11. The van der Waals surface area contributed by atoms with Gasteiger partial charge in [0.05, 0.1) is 7.11 Å². The maximum Gasteiger partial charge on any atom is 0.420 e. The predicted octanol–water partition coefficient (Wildman–Crippen LogP) is 2.68. The number of carbonyl (C=O) groups excluding carboxylic acids is 4. The first-order valence-corrected chi connectivity index (χ1v) is 7.59. The molecule has 0 aromatic rings. The number of imide groups is 1. The van der Waals surface area contributed by atoms with Crippen molar-refractivity contribution in [3.8, 4) is 0 Å². The summed E-state index contributed by atoms with van der Waals surface area (Å²) < 4.78 is 15.0. The summed E-state index contributed by atoms with van der Waals surface area (Å²) in [5.41, 5.74) is -1.77. The topological polar surface area (TPSA) is 99.2 Å². The van der Waals surface area contributed by atoms with Gasteiger partial charge in [0, 0.05) is 6.42 Å². The molecule has 0 spiro atoms. The highest BCUT2D eigenvalue weighted by atomic mass is 16.6. The van der Waals surface area contributed by atoms with Crippen LogP contribution in [0.3, 0.4) is 0 Å². The number of hydrogen-bond donors (Lipinski definition) is 0. The van der Waals surface area contributed by atoms with Gasteiger partial charge in [-0.3, -0.25) is 0 Å². The monoisotopic (exact) mass is 345 g/mol. The van der Waals surface area contributed by atoms with Crippen molar-refractivity contribution in [3.05, 3.63) is 0 Å². The molecule has 8 nitrogen and oxygen atoms in total. The summed E-state index contributed by atoms with van der Waals surface area (Å²) in [6.07, 6.45) is -1.63. The van der Waals surface area contributed by atoms with Gasteiger partial charge in [0.1, 0.15) is 23.5 Å². The van der Waals surface area contributed by atoms with E-state index in [4.69, 9.17) is 9.47 Å². The molecule has 0 bridgehead atoms. The normalized spacial score (nSPS) is 12.8. The van der Waals surface area contributed by atoms with Crippen molar-refractivity contribution in [2.75, 3.05) is 7.11 Å². The number of ether oxygens (including phenoxy) is 3. The van der Waals surface area contributed by atoms with Crippen LogP contribution in [0.25, 0.3) is 0 Å². The summed E-state index contributed by atoms with van der Waals surface area (Å²) in [5.74, 6) is -0.839. The molecule has 0 rings (SSSR count). The molecule has 2 amide bonds. The Morgan fingerprint density at radius 1 is 0.958 bits per heavy atom. The number of hydrogen-bond acceptors (Lipinski definition) is 7. The lowest BCUT2D eigenvalue weighted by molar-refractivity contribution is -0.147. The summed E-state index contributed by atoms with van der Waals surface area (Å²) in [6.45, 7) is 9.73. The van der Waals surface area contributed by atoms with Crippen molar-refractivity contribution in [2.45, 2.75) is 71.6 Å². The third-order valence-electron chi connectivity index (χ3n) is 2.52. The van der Waals surface area contributed by atoms with Gasteiger partial charge in [-0.2, -0.15) is 4.90 Å². The zero-order valence-corrected chi connectivity index (χ0v) is 15.4. The Hall–Kier alpha value is -2.12. The highest BCUT2D eigenvalue weighted by Gasteiger charge is 2.40. The molecule has 0 fully saturated rings. The predicted molar refractivity (Wildman–Crippen MR) is 85.4 cm³/mol. The molecule has 0 unspecified atom stereocenters. The zero-order valence-electron chi connectivity index (χ0n) is 15.4. The lowest BCUT2D eigenvalue weighted by Crippen LogP contribution is -2.52. The van der Waals surface area contributed by atoms with Crippen LogP contribution in [0.1, 0.15) is 54.4 Å². The zero-order chi connectivity index (χ0) is 19.1. The number of nitrogens with zero attached hydrogens (tertiary/aromatic N) is 1. The average molecular weight is 345 g/mol. The van der Waals surface area contributed by atoms with Crippen LogP contribution < -0.4 is 0 Å². The van der Waals surface area contributed by atoms with Gasteiger partial charge in [-0.15, -0.1) is 0 Å². The van der Waals surface area contributed by atoms with E-state index in [9.17, 15) is 19.2 Å². The van der Waals surface area contributed by atoms with Gasteiger partial charge in [0.2, 0.25) is 0 Å². The Morgan fingerprint density at radius 3 is 1.67 bits per heavy atom. The highest BCUT2D eigenvalue weighted by Crippen LogP contribution is 2.19. The Labute approximate surface area is 142 Å². The second kappa shape index (κ2) is 8.65. The van der Waals surface area contributed by atoms with E-state index >= 15 is 0 Å². The van der Waals surface area contributed by atoms with Crippen molar-refractivity contribution in [3.63, 3.8) is 0 Å². The minimum atomic E-state index is -1.31. The summed E-state index contributed by atoms with van der Waals surface area (Å²) in [6, 6.07) is -1.31. The van der Waals surface area contributed by atoms with Gasteiger partial charge in [0.25, 0.3) is 0 Å². The fraction of sp³-hybridized carbons (Fsp3) is 0.750. The molecule has 138 valence electrons. The number of methoxy groups -OCH3 is 1. The fourth-order valence-electron chi connectivity index (χ4n) is 1.67. The number of carbonyl (C=O) groups is 4. The molecule has 24 heavy (non-hydrogen) atoms. The largest absolute Gasteiger partial charge is 0.467 e. The lowest BCUT2D eigenvalue weighted by Gasteiger charge is -2.32. The Balaban J connectivity index is 5.69. The van der Waals surface area contributed by atoms with Crippen LogP contribution in [-0.2, 0) is 23.8 Å². The van der Waals surface area contributed by atoms with Crippen LogP contribution in [0.15, 0.2) is 0 Å². The second-order valence-electron chi connectivity index (χ2n) is 7.11. The molecule has 1 atom stereocenters. The van der Waals surface area contributed by atoms with Crippen LogP contribution in [0.5, 0.6) is 0 Å². The molecular weight excluding hydrogens is 318 g/mol. The van der Waals surface area contributed by atoms with Crippen molar-refractivity contribution in [2.24, 2.45) is 0 Å². The van der Waals surface area contributed by atoms with Gasteiger partial charge in [-0.05, 0) is 48.0 Å². The SMILES string of the molecule is COC(=O)[C@@H](CCC=O)N(C(=O)OC(C)(C)C)C(=O)OC(C)(C)C. The van der Waals surface area contributed by atoms with E-state index in [-0.39, 0.29) is 12.8 Å². The molecule has 8 heteroatoms. The summed E-state index contributed by atoms with van der Waals surface area (Å²) >= 11 is 0. The minimum absolute atomic E-state index is 0.0398. The Bertz CT molecular complexity index is 446. The van der Waals surface area contributed by atoms with Gasteiger partial charge >= 0.3 is 18.2 Å². The number of esters is 1. The molecule has 0 heterocycles. The maximum atomic E-state index is 12.4. The number of aldehydes is 1. The van der Waals surface area contributed by atoms with E-state index in [0.717, 1.165) is 7.11 Å².